The first-order chi connectivity index (χ1) is 17.9. The number of rotatable bonds is 10. The monoisotopic (exact) mass is 499 g/mol. The third-order valence-electron chi connectivity index (χ3n) is 8.41. The smallest absolute Gasteiger partial charge is 0.304 e. The van der Waals surface area contributed by atoms with Crippen molar-refractivity contribution in [1.82, 2.24) is 0 Å². The lowest BCUT2D eigenvalue weighted by atomic mass is 9.86. The number of quaternary nitrogens is 1. The number of nitrogens with zero attached hydrogens (tertiary/aromatic N) is 1. The molecule has 2 fully saturated rings. The van der Waals surface area contributed by atoms with Crippen molar-refractivity contribution in [3.05, 3.63) is 102 Å². The van der Waals surface area contributed by atoms with Gasteiger partial charge in [-0.15, -0.1) is 0 Å². The predicted molar refractivity (Wildman–Crippen MR) is 142 cm³/mol. The Morgan fingerprint density at radius 3 is 2.05 bits per heavy atom. The Kier molecular flexibility index (Phi) is 7.36. The van der Waals surface area contributed by atoms with Gasteiger partial charge in [-0.2, -0.15) is 0 Å². The Balaban J connectivity index is 1.26. The highest BCUT2D eigenvalue weighted by atomic mass is 16.6. The van der Waals surface area contributed by atoms with E-state index in [4.69, 9.17) is 9.47 Å². The molecular weight excluding hydrogens is 462 g/mol. The molecule has 3 aromatic rings. The Morgan fingerprint density at radius 2 is 1.46 bits per heavy atom. The summed E-state index contributed by atoms with van der Waals surface area (Å²) in [7, 11) is 4.57. The fourth-order valence-electron chi connectivity index (χ4n) is 6.75. The number of esters is 1. The fraction of sp³-hybridized carbons (Fsp3) is 0.406. The number of benzene rings is 3. The van der Waals surface area contributed by atoms with Gasteiger partial charge in [-0.05, 0) is 42.5 Å². The van der Waals surface area contributed by atoms with Crippen LogP contribution >= 0.6 is 0 Å². The molecule has 2 saturated carbocycles. The van der Waals surface area contributed by atoms with Crippen LogP contribution in [0, 0.1) is 11.8 Å². The van der Waals surface area contributed by atoms with Crippen LogP contribution in [-0.4, -0.2) is 49.8 Å². The predicted octanol–water partition coefficient (Wildman–Crippen LogP) is 4.55. The zero-order valence-electron chi connectivity index (χ0n) is 21.8. The molecule has 194 valence electrons. The van der Waals surface area contributed by atoms with Crippen molar-refractivity contribution in [1.29, 1.82) is 0 Å². The van der Waals surface area contributed by atoms with Crippen molar-refractivity contribution in [3.8, 4) is 5.75 Å². The average Bonchev–Trinajstić information content (AvgIpc) is 3.51. The minimum absolute atomic E-state index is 0.213. The summed E-state index contributed by atoms with van der Waals surface area (Å²) in [6, 6.07) is 28.1. The molecule has 5 nitrogen and oxygen atoms in total. The third-order valence-corrected chi connectivity index (χ3v) is 8.41. The molecule has 0 aliphatic heterocycles. The summed E-state index contributed by atoms with van der Waals surface area (Å²) in [5.74, 6) is 0.985. The Labute approximate surface area is 220 Å². The van der Waals surface area contributed by atoms with Crippen molar-refractivity contribution in [2.24, 2.45) is 11.8 Å². The van der Waals surface area contributed by atoms with Crippen molar-refractivity contribution in [3.63, 3.8) is 0 Å². The maximum Gasteiger partial charge on any atom is 0.304 e. The minimum Gasteiger partial charge on any atom is -0.834 e. The maximum atomic E-state index is 14.3. The topological polar surface area (TPSA) is 58.6 Å². The molecule has 2 bridgehead atoms. The highest BCUT2D eigenvalue weighted by Crippen LogP contribution is 2.50. The summed E-state index contributed by atoms with van der Waals surface area (Å²) in [5, 5.41) is 14.3. The van der Waals surface area contributed by atoms with E-state index in [-0.39, 0.29) is 12.0 Å². The van der Waals surface area contributed by atoms with E-state index in [0.717, 1.165) is 42.5 Å². The van der Waals surface area contributed by atoms with E-state index >= 15 is 0 Å². The number of hydrogen-bond acceptors (Lipinski definition) is 4. The quantitative estimate of drug-likeness (QED) is 0.233. The lowest BCUT2D eigenvalue weighted by molar-refractivity contribution is -0.919. The summed E-state index contributed by atoms with van der Waals surface area (Å²) < 4.78 is 12.9. The second-order valence-corrected chi connectivity index (χ2v) is 11.1. The van der Waals surface area contributed by atoms with E-state index in [2.05, 4.69) is 14.1 Å². The van der Waals surface area contributed by atoms with Gasteiger partial charge in [0.1, 0.15) is 11.9 Å². The molecule has 3 aromatic carbocycles. The minimum atomic E-state index is -2.08. The normalized spacial score (nSPS) is 23.1. The number of ether oxygens (including phenoxy) is 2. The van der Waals surface area contributed by atoms with E-state index in [9.17, 15) is 9.90 Å². The van der Waals surface area contributed by atoms with Gasteiger partial charge < -0.3 is 19.1 Å². The molecule has 4 atom stereocenters. The van der Waals surface area contributed by atoms with E-state index in [0.29, 0.717) is 29.7 Å². The molecule has 5 heteroatoms. The van der Waals surface area contributed by atoms with Crippen LogP contribution < -0.4 is 9.84 Å². The van der Waals surface area contributed by atoms with Gasteiger partial charge in [0.05, 0.1) is 33.3 Å². The molecule has 0 heterocycles. The molecule has 0 aromatic heterocycles. The highest BCUT2D eigenvalue weighted by Gasteiger charge is 2.57. The SMILES string of the molecule is C[N+](C)(CCCOc1ccccc1)C1C2CC[C@@H]1[C@H](OC(=O)C([O-])(c1ccccc1)c1ccccc1)C2. The zero-order valence-corrected chi connectivity index (χ0v) is 21.8. The van der Waals surface area contributed by atoms with Crippen LogP contribution in [0.3, 0.4) is 0 Å². The summed E-state index contributed by atoms with van der Waals surface area (Å²) in [4.78, 5) is 13.6. The number of fused-ring (bicyclic) bond motifs is 2. The van der Waals surface area contributed by atoms with Crippen molar-refractivity contribution in [2.45, 2.75) is 43.4 Å². The largest absolute Gasteiger partial charge is 0.834 e. The van der Waals surface area contributed by atoms with Gasteiger partial charge in [0.25, 0.3) is 0 Å². The molecule has 0 spiro atoms. The van der Waals surface area contributed by atoms with Crippen LogP contribution in [0.4, 0.5) is 0 Å². The number of carbonyl (C=O) groups is 1. The zero-order chi connectivity index (χ0) is 25.9. The average molecular weight is 500 g/mol. The molecule has 0 saturated heterocycles. The molecule has 0 N–H and O–H groups in total. The van der Waals surface area contributed by atoms with Crippen LogP contribution in [0.5, 0.6) is 5.75 Å². The second-order valence-electron chi connectivity index (χ2n) is 11.1. The summed E-state index contributed by atoms with van der Waals surface area (Å²) in [6.07, 6.45) is 3.77. The summed E-state index contributed by atoms with van der Waals surface area (Å²) in [6.45, 7) is 1.67. The molecule has 37 heavy (non-hydrogen) atoms. The molecule has 2 aliphatic rings. The van der Waals surface area contributed by atoms with Crippen LogP contribution in [0.2, 0.25) is 0 Å². The van der Waals surface area contributed by atoms with Crippen LogP contribution in [0.25, 0.3) is 0 Å². The van der Waals surface area contributed by atoms with Crippen molar-refractivity contribution in [2.75, 3.05) is 27.2 Å². The fourth-order valence-corrected chi connectivity index (χ4v) is 6.75. The molecule has 2 unspecified atom stereocenters. The van der Waals surface area contributed by atoms with Crippen LogP contribution in [0.1, 0.15) is 36.8 Å². The molecule has 0 amide bonds. The first-order valence-electron chi connectivity index (χ1n) is 13.4. The van der Waals surface area contributed by atoms with Gasteiger partial charge in [-0.25, -0.2) is 0 Å². The van der Waals surface area contributed by atoms with Gasteiger partial charge in [-0.1, -0.05) is 78.9 Å². The lowest BCUT2D eigenvalue weighted by Gasteiger charge is -2.41. The van der Waals surface area contributed by atoms with E-state index in [1.54, 1.807) is 48.5 Å². The summed E-state index contributed by atoms with van der Waals surface area (Å²) in [5.41, 5.74) is -1.25. The Bertz CT molecular complexity index is 1130. The highest BCUT2D eigenvalue weighted by molar-refractivity contribution is 5.85. The van der Waals surface area contributed by atoms with Crippen LogP contribution in [-0.2, 0) is 15.1 Å². The van der Waals surface area contributed by atoms with E-state index in [1.807, 2.05) is 42.5 Å². The Morgan fingerprint density at radius 1 is 0.892 bits per heavy atom. The molecular formula is C32H37NO4. The van der Waals surface area contributed by atoms with Gasteiger partial charge in [0, 0.05) is 23.9 Å². The summed E-state index contributed by atoms with van der Waals surface area (Å²) >= 11 is 0. The van der Waals surface area contributed by atoms with Crippen molar-refractivity contribution >= 4 is 5.97 Å². The van der Waals surface area contributed by atoms with Crippen LogP contribution in [0.15, 0.2) is 91.0 Å². The van der Waals surface area contributed by atoms with Gasteiger partial charge >= 0.3 is 5.97 Å². The van der Waals surface area contributed by atoms with Gasteiger partial charge in [0.2, 0.25) is 0 Å². The number of carbonyl (C=O) groups excluding carboxylic acids is 1. The number of hydrogen-bond donors (Lipinski definition) is 0. The number of para-hydroxylation sites is 1. The van der Waals surface area contributed by atoms with E-state index in [1.165, 1.54) is 0 Å². The molecule has 2 aliphatic carbocycles. The first-order valence-corrected chi connectivity index (χ1v) is 13.4. The molecule has 5 rings (SSSR count). The first kappa shape index (κ1) is 25.5. The third kappa shape index (κ3) is 5.16. The van der Waals surface area contributed by atoms with E-state index < -0.39 is 11.6 Å². The van der Waals surface area contributed by atoms with Gasteiger partial charge in [0.15, 0.2) is 0 Å². The molecule has 0 radical (unpaired) electrons. The lowest BCUT2D eigenvalue weighted by Crippen LogP contribution is -2.54. The standard InChI is InChI=1S/C32H37NO4/c1-33(2,21-12-22-36-27-17-10-5-11-18-27)30-24-19-20-28(30)29(23-24)37-31(34)32(35,25-13-6-3-7-14-25)26-15-8-4-9-16-26/h3-11,13-18,24,28-30H,12,19-23H2,1-2H3/t24?,28-,29-,30?/m1/s1. The Hall–Kier alpha value is -3.15. The maximum absolute atomic E-state index is 14.3. The van der Waals surface area contributed by atoms with Gasteiger partial charge in [-0.3, -0.25) is 4.79 Å². The van der Waals surface area contributed by atoms with Crippen molar-refractivity contribution < 1.29 is 23.9 Å². The second kappa shape index (κ2) is 10.7.